The number of aryl methyl sites for hydroxylation is 2. The molecule has 1 saturated heterocycles. The molecule has 0 amide bonds. The summed E-state index contributed by atoms with van der Waals surface area (Å²) in [6, 6.07) is 6.58. The highest BCUT2D eigenvalue weighted by atomic mass is 127. The van der Waals surface area contributed by atoms with Crippen molar-refractivity contribution in [1.82, 2.24) is 4.90 Å². The zero-order chi connectivity index (χ0) is 16.9. The minimum absolute atomic E-state index is 0. The summed E-state index contributed by atoms with van der Waals surface area (Å²) in [5.74, 6) is 1.92. The summed E-state index contributed by atoms with van der Waals surface area (Å²) in [7, 11) is 0. The molecule has 1 atom stereocenters. The summed E-state index contributed by atoms with van der Waals surface area (Å²) in [4.78, 5) is 7.19. The van der Waals surface area contributed by atoms with E-state index in [1.165, 1.54) is 56.3 Å². The number of guanidine groups is 1. The van der Waals surface area contributed by atoms with Gasteiger partial charge in [-0.25, -0.2) is 0 Å². The maximum atomic E-state index is 6.11. The standard InChI is InChI=1S/C20H32N4.HI/c1-15(2)13-24-10-4-5-16(14-24)12-22-20(21)23-19-9-8-17-6-3-7-18(17)11-19;/h8-9,11,15-16H,3-7,10,12-14H2,1-2H3,(H3,21,22,23);1H. The Balaban J connectivity index is 0.00000225. The third-order valence-corrected chi connectivity index (χ3v) is 5.12. The molecule has 0 saturated carbocycles. The minimum atomic E-state index is 0. The van der Waals surface area contributed by atoms with Gasteiger partial charge in [-0.05, 0) is 73.7 Å². The Morgan fingerprint density at radius 2 is 2.08 bits per heavy atom. The number of hydrogen-bond acceptors (Lipinski definition) is 2. The third kappa shape index (κ3) is 6.13. The first-order chi connectivity index (χ1) is 11.6. The van der Waals surface area contributed by atoms with Crippen LogP contribution in [0.1, 0.15) is 44.2 Å². The van der Waals surface area contributed by atoms with Crippen LogP contribution in [0.4, 0.5) is 5.69 Å². The Morgan fingerprint density at radius 1 is 1.28 bits per heavy atom. The number of nitrogens with one attached hydrogen (secondary N) is 1. The molecule has 0 bridgehead atoms. The summed E-state index contributed by atoms with van der Waals surface area (Å²) in [6.07, 6.45) is 6.23. The number of halogens is 1. The summed E-state index contributed by atoms with van der Waals surface area (Å²) >= 11 is 0. The molecule has 1 aliphatic heterocycles. The number of likely N-dealkylation sites (tertiary alicyclic amines) is 1. The minimum Gasteiger partial charge on any atom is -0.370 e. The van der Waals surface area contributed by atoms with Crippen molar-refractivity contribution >= 4 is 35.6 Å². The van der Waals surface area contributed by atoms with Crippen LogP contribution in [-0.4, -0.2) is 37.0 Å². The predicted molar refractivity (Wildman–Crippen MR) is 118 cm³/mol. The second-order valence-electron chi connectivity index (χ2n) is 7.85. The van der Waals surface area contributed by atoms with Crippen LogP contribution in [-0.2, 0) is 12.8 Å². The van der Waals surface area contributed by atoms with Gasteiger partial charge in [0.15, 0.2) is 5.96 Å². The number of nitrogens with zero attached hydrogens (tertiary/aromatic N) is 2. The predicted octanol–water partition coefficient (Wildman–Crippen LogP) is 3.89. The van der Waals surface area contributed by atoms with Crippen LogP contribution < -0.4 is 11.1 Å². The Morgan fingerprint density at radius 3 is 2.88 bits per heavy atom. The number of rotatable bonds is 5. The maximum Gasteiger partial charge on any atom is 0.193 e. The highest BCUT2D eigenvalue weighted by Gasteiger charge is 2.20. The zero-order valence-electron chi connectivity index (χ0n) is 15.6. The molecule has 0 radical (unpaired) electrons. The Bertz CT molecular complexity index is 585. The molecule has 3 N–H and O–H groups in total. The van der Waals surface area contributed by atoms with Crippen molar-refractivity contribution in [3.63, 3.8) is 0 Å². The largest absolute Gasteiger partial charge is 0.370 e. The molecule has 0 spiro atoms. The molecule has 1 heterocycles. The molecule has 3 rings (SSSR count). The van der Waals surface area contributed by atoms with Gasteiger partial charge in [0, 0.05) is 25.3 Å². The first kappa shape index (κ1) is 20.5. The first-order valence-corrected chi connectivity index (χ1v) is 9.51. The van der Waals surface area contributed by atoms with Gasteiger partial charge in [0.2, 0.25) is 0 Å². The van der Waals surface area contributed by atoms with Gasteiger partial charge < -0.3 is 16.0 Å². The van der Waals surface area contributed by atoms with E-state index in [4.69, 9.17) is 5.73 Å². The molecular weight excluding hydrogens is 423 g/mol. The van der Waals surface area contributed by atoms with Crippen molar-refractivity contribution in [3.05, 3.63) is 29.3 Å². The average molecular weight is 456 g/mol. The van der Waals surface area contributed by atoms with Crippen LogP contribution in [0.2, 0.25) is 0 Å². The molecule has 140 valence electrons. The van der Waals surface area contributed by atoms with Crippen LogP contribution in [0.15, 0.2) is 23.2 Å². The SMILES string of the molecule is CC(C)CN1CCCC(CN=C(N)Nc2ccc3c(c2)CCC3)C1.I. The lowest BCUT2D eigenvalue weighted by molar-refractivity contribution is 0.162. The number of aliphatic imine (C=N–C) groups is 1. The van der Waals surface area contributed by atoms with Crippen molar-refractivity contribution in [2.75, 3.05) is 31.5 Å². The highest BCUT2D eigenvalue weighted by molar-refractivity contribution is 14.0. The topological polar surface area (TPSA) is 53.6 Å². The molecule has 5 heteroatoms. The van der Waals surface area contributed by atoms with Gasteiger partial charge in [-0.1, -0.05) is 19.9 Å². The number of hydrogen-bond donors (Lipinski definition) is 2. The van der Waals surface area contributed by atoms with Crippen LogP contribution >= 0.6 is 24.0 Å². The molecular formula is C20H33IN4. The van der Waals surface area contributed by atoms with E-state index < -0.39 is 0 Å². The lowest BCUT2D eigenvalue weighted by atomic mass is 9.97. The summed E-state index contributed by atoms with van der Waals surface area (Å²) in [5, 5.41) is 3.27. The van der Waals surface area contributed by atoms with E-state index in [9.17, 15) is 0 Å². The molecule has 1 aromatic rings. The van der Waals surface area contributed by atoms with E-state index >= 15 is 0 Å². The fourth-order valence-corrected chi connectivity index (χ4v) is 4.05. The van der Waals surface area contributed by atoms with E-state index in [0.29, 0.717) is 11.9 Å². The third-order valence-electron chi connectivity index (χ3n) is 5.12. The Labute approximate surface area is 169 Å². The van der Waals surface area contributed by atoms with Crippen LogP contribution in [0.5, 0.6) is 0 Å². The summed E-state index contributed by atoms with van der Waals surface area (Å²) < 4.78 is 0. The number of fused-ring (bicyclic) bond motifs is 1. The Kier molecular flexibility index (Phi) is 8.00. The molecule has 4 nitrogen and oxygen atoms in total. The van der Waals surface area contributed by atoms with Crippen LogP contribution in [0, 0.1) is 11.8 Å². The Hall–Kier alpha value is -0.820. The summed E-state index contributed by atoms with van der Waals surface area (Å²) in [6.45, 7) is 9.01. The van der Waals surface area contributed by atoms with Crippen LogP contribution in [0.3, 0.4) is 0 Å². The average Bonchev–Trinajstić information content (AvgIpc) is 3.00. The molecule has 25 heavy (non-hydrogen) atoms. The summed E-state index contributed by atoms with van der Waals surface area (Å²) in [5.41, 5.74) is 10.1. The van der Waals surface area contributed by atoms with Gasteiger partial charge >= 0.3 is 0 Å². The van der Waals surface area contributed by atoms with E-state index in [0.717, 1.165) is 24.7 Å². The lowest BCUT2D eigenvalue weighted by Crippen LogP contribution is -2.39. The number of anilines is 1. The van der Waals surface area contributed by atoms with Crippen molar-refractivity contribution < 1.29 is 0 Å². The van der Waals surface area contributed by atoms with E-state index in [1.807, 2.05) is 0 Å². The number of nitrogens with two attached hydrogens (primary N) is 1. The second kappa shape index (κ2) is 9.76. The van der Waals surface area contributed by atoms with Crippen molar-refractivity contribution in [2.24, 2.45) is 22.6 Å². The lowest BCUT2D eigenvalue weighted by Gasteiger charge is -2.33. The van der Waals surface area contributed by atoms with Crippen molar-refractivity contribution in [1.29, 1.82) is 0 Å². The number of benzene rings is 1. The normalized spacial score (nSPS) is 21.1. The van der Waals surface area contributed by atoms with Gasteiger partial charge in [-0.3, -0.25) is 4.99 Å². The van der Waals surface area contributed by atoms with E-state index in [1.54, 1.807) is 0 Å². The highest BCUT2D eigenvalue weighted by Crippen LogP contribution is 2.24. The van der Waals surface area contributed by atoms with Crippen LogP contribution in [0.25, 0.3) is 0 Å². The molecule has 1 aromatic carbocycles. The second-order valence-corrected chi connectivity index (χ2v) is 7.85. The first-order valence-electron chi connectivity index (χ1n) is 9.51. The molecule has 1 unspecified atom stereocenters. The number of piperidine rings is 1. The quantitative estimate of drug-likeness (QED) is 0.402. The van der Waals surface area contributed by atoms with E-state index in [2.05, 4.69) is 47.3 Å². The fraction of sp³-hybridized carbons (Fsp3) is 0.650. The molecule has 1 aliphatic carbocycles. The van der Waals surface area contributed by atoms with Gasteiger partial charge in [0.1, 0.15) is 0 Å². The smallest absolute Gasteiger partial charge is 0.193 e. The van der Waals surface area contributed by atoms with Gasteiger partial charge in [0.25, 0.3) is 0 Å². The zero-order valence-corrected chi connectivity index (χ0v) is 18.0. The van der Waals surface area contributed by atoms with Gasteiger partial charge in [-0.15, -0.1) is 24.0 Å². The monoisotopic (exact) mass is 456 g/mol. The van der Waals surface area contributed by atoms with Crippen molar-refractivity contribution in [2.45, 2.75) is 46.0 Å². The van der Waals surface area contributed by atoms with E-state index in [-0.39, 0.29) is 24.0 Å². The van der Waals surface area contributed by atoms with Crippen molar-refractivity contribution in [3.8, 4) is 0 Å². The molecule has 1 fully saturated rings. The maximum absolute atomic E-state index is 6.11. The van der Waals surface area contributed by atoms with Gasteiger partial charge in [-0.2, -0.15) is 0 Å². The molecule has 0 aromatic heterocycles. The fourth-order valence-electron chi connectivity index (χ4n) is 4.05. The van der Waals surface area contributed by atoms with Gasteiger partial charge in [0.05, 0.1) is 0 Å². The molecule has 2 aliphatic rings.